The van der Waals surface area contributed by atoms with Crippen molar-refractivity contribution in [1.29, 1.82) is 0 Å². The molecule has 0 saturated heterocycles. The molecule has 9 rings (SSSR count). The molecule has 0 amide bonds. The smallest absolute Gasteiger partial charge is 0.129 e. The van der Waals surface area contributed by atoms with E-state index in [-0.39, 0.29) is 33.2 Å². The summed E-state index contributed by atoms with van der Waals surface area (Å²) < 4.78 is 0. The Kier molecular flexibility index (Phi) is 11.4. The molecule has 1 aliphatic rings. The van der Waals surface area contributed by atoms with Crippen molar-refractivity contribution >= 4 is 39.0 Å². The fourth-order valence-corrected chi connectivity index (χ4v) is 7.26. The van der Waals surface area contributed by atoms with Crippen LogP contribution in [0.15, 0.2) is 181 Å². The molecule has 289 valence electrons. The molecule has 0 fully saturated rings. The van der Waals surface area contributed by atoms with Crippen molar-refractivity contribution in [3.05, 3.63) is 199 Å². The molecule has 1 aromatic heterocycles. The molecular weight excluding hydrogens is 878 g/mol. The van der Waals surface area contributed by atoms with Crippen LogP contribution in [0.2, 0.25) is 0 Å². The zero-order valence-electron chi connectivity index (χ0n) is 33.4. The SMILES string of the molecule is CC(C)(C)c1cc(N2[CH-]N(c3c(-c4ccccc4)cccc3-c3ccccc3)N=C2c2ccccc2)cc(C(C)(C)C)c1.[Au].c1ccc2c(c1)[n-]c1ccccc12. The van der Waals surface area contributed by atoms with E-state index in [1.54, 1.807) is 0 Å². The molecule has 0 N–H and O–H groups in total. The van der Waals surface area contributed by atoms with Crippen molar-refractivity contribution in [3.8, 4) is 22.3 Å². The Hall–Kier alpha value is -5.65. The average molecular weight is 926 g/mol. The first-order valence-corrected chi connectivity index (χ1v) is 19.4. The number of aromatic nitrogens is 1. The summed E-state index contributed by atoms with van der Waals surface area (Å²) in [4.78, 5) is 6.78. The van der Waals surface area contributed by atoms with Crippen LogP contribution >= 0.6 is 0 Å². The second-order valence-corrected chi connectivity index (χ2v) is 16.5. The van der Waals surface area contributed by atoms with Gasteiger partial charge >= 0.3 is 0 Å². The van der Waals surface area contributed by atoms with E-state index in [1.165, 1.54) is 21.9 Å². The molecule has 7 aromatic carbocycles. The molecule has 0 saturated carbocycles. The Morgan fingerprint density at radius 3 is 1.35 bits per heavy atom. The third-order valence-electron chi connectivity index (χ3n) is 10.4. The van der Waals surface area contributed by atoms with Gasteiger partial charge in [-0.2, -0.15) is 5.10 Å². The fourth-order valence-electron chi connectivity index (χ4n) is 7.26. The van der Waals surface area contributed by atoms with Gasteiger partial charge < -0.3 is 14.9 Å². The van der Waals surface area contributed by atoms with Crippen LogP contribution in [-0.2, 0) is 33.2 Å². The van der Waals surface area contributed by atoms with Crippen molar-refractivity contribution in [2.75, 3.05) is 9.91 Å². The standard InChI is InChI=1S/C40H40N3.C12H8N.Au/c1-39(2,3)32-25-33(40(4,5)6)27-34(26-32)42-28-43(41-38(42)31-21-14-9-15-22-31)37-35(29-17-10-7-11-18-29)23-16-24-36(37)30-19-12-8-13-20-30;1-3-7-11-9(5-1)10-6-2-4-8-12(10)13-11;/h7-28H,1-6H3;1-8H;/q2*-1;. The van der Waals surface area contributed by atoms with Gasteiger partial charge in [0.05, 0.1) is 0 Å². The van der Waals surface area contributed by atoms with E-state index in [0.717, 1.165) is 56.1 Å². The molecule has 5 heteroatoms. The molecule has 0 bridgehead atoms. The van der Waals surface area contributed by atoms with Crippen LogP contribution in [0, 0.1) is 6.67 Å². The molecular formula is C52H48AuN4-2. The molecule has 0 aliphatic carbocycles. The molecule has 57 heavy (non-hydrogen) atoms. The van der Waals surface area contributed by atoms with Crippen molar-refractivity contribution < 1.29 is 22.4 Å². The monoisotopic (exact) mass is 925 g/mol. The Balaban J connectivity index is 0.000000297. The first kappa shape index (κ1) is 39.6. The van der Waals surface area contributed by atoms with Crippen LogP contribution < -0.4 is 14.9 Å². The molecule has 2 heterocycles. The topological polar surface area (TPSA) is 32.9 Å². The van der Waals surface area contributed by atoms with E-state index < -0.39 is 0 Å². The Morgan fingerprint density at radius 2 is 0.895 bits per heavy atom. The number of benzene rings is 7. The summed E-state index contributed by atoms with van der Waals surface area (Å²) in [5, 5.41) is 9.94. The van der Waals surface area contributed by atoms with Crippen molar-refractivity contribution in [3.63, 3.8) is 0 Å². The van der Waals surface area contributed by atoms with E-state index in [9.17, 15) is 0 Å². The maximum absolute atomic E-state index is 5.36. The minimum atomic E-state index is -0.000137. The molecule has 1 aliphatic heterocycles. The van der Waals surface area contributed by atoms with E-state index in [2.05, 4.69) is 227 Å². The van der Waals surface area contributed by atoms with Crippen LogP contribution in [0.25, 0.3) is 44.1 Å². The van der Waals surface area contributed by atoms with Crippen molar-refractivity contribution in [2.24, 2.45) is 5.10 Å². The molecule has 1 radical (unpaired) electrons. The van der Waals surface area contributed by atoms with Crippen LogP contribution in [-0.4, -0.2) is 5.84 Å². The van der Waals surface area contributed by atoms with Gasteiger partial charge in [0.15, 0.2) is 0 Å². The number of hydrogen-bond donors (Lipinski definition) is 0. The molecule has 8 aromatic rings. The predicted octanol–water partition coefficient (Wildman–Crippen LogP) is 13.4. The first-order chi connectivity index (χ1) is 27.0. The van der Waals surface area contributed by atoms with Gasteiger partial charge in [0, 0.05) is 50.4 Å². The number of para-hydroxylation sites is 3. The zero-order valence-corrected chi connectivity index (χ0v) is 35.6. The second kappa shape index (κ2) is 16.4. The van der Waals surface area contributed by atoms with Gasteiger partial charge in [-0.15, -0.1) is 17.7 Å². The fraction of sp³-hybridized carbons (Fsp3) is 0.154. The minimum Gasteiger partial charge on any atom is -0.657 e. The van der Waals surface area contributed by atoms with Crippen LogP contribution in [0.1, 0.15) is 58.2 Å². The van der Waals surface area contributed by atoms with E-state index in [0.29, 0.717) is 0 Å². The maximum atomic E-state index is 5.36. The Labute approximate surface area is 353 Å². The number of amidine groups is 1. The first-order valence-electron chi connectivity index (χ1n) is 19.4. The number of anilines is 2. The third-order valence-corrected chi connectivity index (χ3v) is 10.4. The van der Waals surface area contributed by atoms with E-state index in [1.807, 2.05) is 12.1 Å². The van der Waals surface area contributed by atoms with Crippen LogP contribution in [0.3, 0.4) is 0 Å². The molecule has 0 atom stereocenters. The number of rotatable bonds is 5. The van der Waals surface area contributed by atoms with Crippen molar-refractivity contribution in [1.82, 2.24) is 4.98 Å². The van der Waals surface area contributed by atoms with Gasteiger partial charge in [0.1, 0.15) is 5.84 Å². The van der Waals surface area contributed by atoms with Gasteiger partial charge in [-0.05, 0) is 56.0 Å². The Bertz CT molecular complexity index is 2490. The maximum Gasteiger partial charge on any atom is 0.129 e. The zero-order chi connectivity index (χ0) is 38.9. The van der Waals surface area contributed by atoms with Crippen LogP contribution in [0.5, 0.6) is 0 Å². The van der Waals surface area contributed by atoms with Gasteiger partial charge in [-0.1, -0.05) is 205 Å². The molecule has 4 nitrogen and oxygen atoms in total. The number of hydrogen-bond acceptors (Lipinski definition) is 3. The number of fused-ring (bicyclic) bond motifs is 3. The third kappa shape index (κ3) is 8.40. The minimum absolute atomic E-state index is 0. The second-order valence-electron chi connectivity index (χ2n) is 16.5. The number of hydrazone groups is 1. The van der Waals surface area contributed by atoms with Gasteiger partial charge in [-0.25, -0.2) is 0 Å². The summed E-state index contributed by atoms with van der Waals surface area (Å²) in [5.41, 5.74) is 12.6. The largest absolute Gasteiger partial charge is 0.657 e. The Morgan fingerprint density at radius 1 is 0.474 bits per heavy atom. The van der Waals surface area contributed by atoms with Crippen LogP contribution in [0.4, 0.5) is 11.4 Å². The molecule has 0 unspecified atom stereocenters. The molecule has 0 spiro atoms. The van der Waals surface area contributed by atoms with Gasteiger partial charge in [0.2, 0.25) is 0 Å². The summed E-state index contributed by atoms with van der Waals surface area (Å²) in [7, 11) is 0. The average Bonchev–Trinajstić information content (AvgIpc) is 3.84. The number of nitrogens with zero attached hydrogens (tertiary/aromatic N) is 4. The summed E-state index contributed by atoms with van der Waals surface area (Å²) in [6.45, 7) is 15.9. The summed E-state index contributed by atoms with van der Waals surface area (Å²) in [6.07, 6.45) is 0. The summed E-state index contributed by atoms with van der Waals surface area (Å²) >= 11 is 0. The van der Waals surface area contributed by atoms with Gasteiger partial charge in [0.25, 0.3) is 0 Å². The van der Waals surface area contributed by atoms with E-state index in [4.69, 9.17) is 5.10 Å². The quantitative estimate of drug-likeness (QED) is 0.127. The predicted molar refractivity (Wildman–Crippen MR) is 238 cm³/mol. The van der Waals surface area contributed by atoms with Crippen molar-refractivity contribution in [2.45, 2.75) is 52.4 Å². The normalized spacial score (nSPS) is 12.9. The summed E-state index contributed by atoms with van der Waals surface area (Å²) in [6, 6.07) is 61.8. The van der Waals surface area contributed by atoms with E-state index >= 15 is 0 Å². The van der Waals surface area contributed by atoms with Gasteiger partial charge in [-0.3, -0.25) is 0 Å². The summed E-state index contributed by atoms with van der Waals surface area (Å²) in [5.74, 6) is 0.897.